The number of anilines is 2. The van der Waals surface area contributed by atoms with Gasteiger partial charge in [-0.15, -0.1) is 0 Å². The molecule has 0 bridgehead atoms. The van der Waals surface area contributed by atoms with Gasteiger partial charge in [0.1, 0.15) is 17.3 Å². The van der Waals surface area contributed by atoms with Crippen LogP contribution in [0.25, 0.3) is 11.0 Å². The molecule has 1 aliphatic heterocycles. The predicted octanol–water partition coefficient (Wildman–Crippen LogP) is 4.38. The number of morpholine rings is 1. The Balaban J connectivity index is 1.26. The second kappa shape index (κ2) is 9.57. The topological polar surface area (TPSA) is 100 Å². The molecule has 168 valence electrons. The molecule has 0 aliphatic carbocycles. The van der Waals surface area contributed by atoms with E-state index in [0.717, 1.165) is 29.9 Å². The van der Waals surface area contributed by atoms with Crippen LogP contribution in [0.3, 0.4) is 0 Å². The van der Waals surface area contributed by atoms with Gasteiger partial charge in [0.25, 0.3) is 5.91 Å². The lowest BCUT2D eigenvalue weighted by molar-refractivity contribution is 0.102. The number of ether oxygens (including phenoxy) is 2. The van der Waals surface area contributed by atoms with Gasteiger partial charge in [-0.1, -0.05) is 0 Å². The molecule has 1 aliphatic rings. The second-order valence-corrected chi connectivity index (χ2v) is 7.75. The molecule has 2 heterocycles. The smallest absolute Gasteiger partial charge is 0.255 e. The van der Waals surface area contributed by atoms with E-state index in [-0.39, 0.29) is 5.91 Å². The average molecular weight is 451 g/mol. The van der Waals surface area contributed by atoms with Crippen LogP contribution in [0.4, 0.5) is 11.5 Å². The fourth-order valence-corrected chi connectivity index (χ4v) is 3.63. The number of fused-ring (bicyclic) bond motifs is 1. The van der Waals surface area contributed by atoms with Crippen molar-refractivity contribution >= 4 is 28.4 Å². The summed E-state index contributed by atoms with van der Waals surface area (Å²) in [5.74, 6) is 1.86. The number of nitrogens with one attached hydrogen (secondary N) is 1. The highest BCUT2D eigenvalue weighted by Gasteiger charge is 2.14. The lowest BCUT2D eigenvalue weighted by atomic mass is 10.1. The van der Waals surface area contributed by atoms with Gasteiger partial charge in [-0.3, -0.25) is 9.78 Å². The van der Waals surface area contributed by atoms with E-state index < -0.39 is 0 Å². The van der Waals surface area contributed by atoms with Crippen molar-refractivity contribution < 1.29 is 14.3 Å². The molecule has 4 aromatic rings. The van der Waals surface area contributed by atoms with Gasteiger partial charge in [-0.25, -0.2) is 4.98 Å². The summed E-state index contributed by atoms with van der Waals surface area (Å²) in [6.45, 7) is 2.97. The second-order valence-electron chi connectivity index (χ2n) is 7.75. The van der Waals surface area contributed by atoms with Crippen molar-refractivity contribution in [3.63, 3.8) is 0 Å². The predicted molar refractivity (Wildman–Crippen MR) is 128 cm³/mol. The maximum atomic E-state index is 12.4. The van der Waals surface area contributed by atoms with E-state index >= 15 is 0 Å². The fraction of sp³-hybridized carbons (Fsp3) is 0.154. The van der Waals surface area contributed by atoms with Gasteiger partial charge in [-0.2, -0.15) is 5.26 Å². The Morgan fingerprint density at radius 2 is 1.71 bits per heavy atom. The summed E-state index contributed by atoms with van der Waals surface area (Å²) in [5, 5.41) is 11.7. The van der Waals surface area contributed by atoms with Crippen molar-refractivity contribution in [2.75, 3.05) is 36.5 Å². The number of aromatic nitrogens is 2. The van der Waals surface area contributed by atoms with Gasteiger partial charge in [0.05, 0.1) is 42.1 Å². The molecule has 3 aromatic carbocycles. The molecule has 5 rings (SSSR count). The van der Waals surface area contributed by atoms with Gasteiger partial charge in [0.15, 0.2) is 0 Å². The lowest BCUT2D eigenvalue weighted by Crippen LogP contribution is -2.36. The number of benzene rings is 3. The van der Waals surface area contributed by atoms with E-state index in [9.17, 15) is 4.79 Å². The number of nitriles is 1. The number of hydrogen-bond donors (Lipinski definition) is 1. The number of carbonyl (C=O) groups excluding carboxylic acids is 1. The molecule has 0 spiro atoms. The van der Waals surface area contributed by atoms with E-state index in [2.05, 4.69) is 15.2 Å². The molecule has 1 aromatic heterocycles. The number of amides is 1. The van der Waals surface area contributed by atoms with Crippen LogP contribution in [0.15, 0.2) is 72.9 Å². The van der Waals surface area contributed by atoms with Crippen molar-refractivity contribution in [2.24, 2.45) is 0 Å². The first-order valence-electron chi connectivity index (χ1n) is 10.9. The van der Waals surface area contributed by atoms with Gasteiger partial charge in [0.2, 0.25) is 0 Å². The largest absolute Gasteiger partial charge is 0.457 e. The fourth-order valence-electron chi connectivity index (χ4n) is 3.63. The van der Waals surface area contributed by atoms with E-state index in [1.807, 2.05) is 24.3 Å². The van der Waals surface area contributed by atoms with E-state index in [4.69, 9.17) is 19.7 Å². The quantitative estimate of drug-likeness (QED) is 0.480. The molecule has 0 unspecified atom stereocenters. The first-order chi connectivity index (χ1) is 16.7. The van der Waals surface area contributed by atoms with Crippen molar-refractivity contribution in [2.45, 2.75) is 0 Å². The standard InChI is InChI=1S/C26H21N5O3/c27-16-18-1-3-19(4-2-18)26(32)29-20-5-7-21(8-6-20)34-22-9-10-23-24(15-22)30-25(17-28-23)31-11-13-33-14-12-31/h1-10,15,17H,11-14H2,(H,29,32). The molecular formula is C26H21N5O3. The van der Waals surface area contributed by atoms with Crippen LogP contribution in [-0.4, -0.2) is 42.2 Å². The van der Waals surface area contributed by atoms with Crippen LogP contribution in [-0.2, 0) is 4.74 Å². The zero-order valence-corrected chi connectivity index (χ0v) is 18.3. The Bertz CT molecular complexity index is 1360. The lowest BCUT2D eigenvalue weighted by Gasteiger charge is -2.27. The van der Waals surface area contributed by atoms with Crippen LogP contribution in [0, 0.1) is 11.3 Å². The third-order valence-electron chi connectivity index (χ3n) is 5.46. The van der Waals surface area contributed by atoms with Gasteiger partial charge in [0, 0.05) is 30.4 Å². The molecule has 0 saturated carbocycles. The molecule has 8 heteroatoms. The number of nitrogens with zero attached hydrogens (tertiary/aromatic N) is 4. The first-order valence-corrected chi connectivity index (χ1v) is 10.9. The maximum absolute atomic E-state index is 12.4. The van der Waals surface area contributed by atoms with E-state index in [0.29, 0.717) is 41.5 Å². The van der Waals surface area contributed by atoms with Gasteiger partial charge < -0.3 is 19.7 Å². The molecular weight excluding hydrogens is 430 g/mol. The summed E-state index contributed by atoms with van der Waals surface area (Å²) >= 11 is 0. The van der Waals surface area contributed by atoms with Crippen molar-refractivity contribution in [3.8, 4) is 17.6 Å². The molecule has 0 radical (unpaired) electrons. The van der Waals surface area contributed by atoms with Crippen LogP contribution >= 0.6 is 0 Å². The van der Waals surface area contributed by atoms with Crippen molar-refractivity contribution in [3.05, 3.63) is 84.1 Å². The van der Waals surface area contributed by atoms with Crippen molar-refractivity contribution in [1.29, 1.82) is 5.26 Å². The minimum Gasteiger partial charge on any atom is -0.457 e. The Hall–Kier alpha value is -4.48. The van der Waals surface area contributed by atoms with Crippen LogP contribution in [0.1, 0.15) is 15.9 Å². The normalized spacial score (nSPS) is 13.3. The van der Waals surface area contributed by atoms with Crippen LogP contribution in [0.2, 0.25) is 0 Å². The summed E-state index contributed by atoms with van der Waals surface area (Å²) in [5.41, 5.74) is 3.18. The minimum atomic E-state index is -0.248. The van der Waals surface area contributed by atoms with E-state index in [1.54, 1.807) is 54.7 Å². The summed E-state index contributed by atoms with van der Waals surface area (Å²) in [6.07, 6.45) is 1.79. The summed E-state index contributed by atoms with van der Waals surface area (Å²) in [4.78, 5) is 23.8. The zero-order chi connectivity index (χ0) is 23.3. The van der Waals surface area contributed by atoms with Gasteiger partial charge in [-0.05, 0) is 60.7 Å². The summed E-state index contributed by atoms with van der Waals surface area (Å²) in [6, 6.07) is 21.2. The highest BCUT2D eigenvalue weighted by atomic mass is 16.5. The molecule has 0 atom stereocenters. The number of rotatable bonds is 5. The van der Waals surface area contributed by atoms with Crippen LogP contribution in [0.5, 0.6) is 11.5 Å². The average Bonchev–Trinajstić information content (AvgIpc) is 2.90. The summed E-state index contributed by atoms with van der Waals surface area (Å²) in [7, 11) is 0. The Morgan fingerprint density at radius 3 is 2.44 bits per heavy atom. The Labute approximate surface area is 196 Å². The third-order valence-corrected chi connectivity index (χ3v) is 5.46. The molecule has 8 nitrogen and oxygen atoms in total. The zero-order valence-electron chi connectivity index (χ0n) is 18.3. The molecule has 34 heavy (non-hydrogen) atoms. The van der Waals surface area contributed by atoms with Gasteiger partial charge >= 0.3 is 0 Å². The highest BCUT2D eigenvalue weighted by molar-refractivity contribution is 6.04. The maximum Gasteiger partial charge on any atom is 0.255 e. The monoisotopic (exact) mass is 451 g/mol. The Morgan fingerprint density at radius 1 is 0.971 bits per heavy atom. The minimum absolute atomic E-state index is 0.248. The van der Waals surface area contributed by atoms with E-state index in [1.165, 1.54) is 0 Å². The number of hydrogen-bond acceptors (Lipinski definition) is 7. The van der Waals surface area contributed by atoms with Crippen molar-refractivity contribution in [1.82, 2.24) is 9.97 Å². The molecule has 1 N–H and O–H groups in total. The third kappa shape index (κ3) is 4.80. The molecule has 1 amide bonds. The Kier molecular flexibility index (Phi) is 6.01. The van der Waals surface area contributed by atoms with Crippen LogP contribution < -0.4 is 15.0 Å². The molecule has 1 fully saturated rings. The first kappa shape index (κ1) is 21.4. The highest BCUT2D eigenvalue weighted by Crippen LogP contribution is 2.26. The summed E-state index contributed by atoms with van der Waals surface area (Å²) < 4.78 is 11.4. The molecule has 1 saturated heterocycles. The SMILES string of the molecule is N#Cc1ccc(C(=O)Nc2ccc(Oc3ccc4ncc(N5CCOCC5)nc4c3)cc2)cc1. The number of carbonyl (C=O) groups is 1.